The Bertz CT molecular complexity index is 664. The Balaban J connectivity index is 1.85. The van der Waals surface area contributed by atoms with E-state index in [1.54, 1.807) is 25.7 Å². The summed E-state index contributed by atoms with van der Waals surface area (Å²) in [7, 11) is 1.79. The molecule has 0 amide bonds. The molecule has 1 aromatic rings. The van der Waals surface area contributed by atoms with Gasteiger partial charge >= 0.3 is 5.97 Å². The van der Waals surface area contributed by atoms with Crippen molar-refractivity contribution < 1.29 is 19.4 Å². The van der Waals surface area contributed by atoms with Crippen molar-refractivity contribution in [2.24, 2.45) is 4.99 Å². The van der Waals surface area contributed by atoms with Crippen molar-refractivity contribution in [3.8, 4) is 5.75 Å². The van der Waals surface area contributed by atoms with Crippen LogP contribution in [0.1, 0.15) is 12.5 Å². The van der Waals surface area contributed by atoms with Crippen LogP contribution in [0.4, 0.5) is 4.39 Å². The summed E-state index contributed by atoms with van der Waals surface area (Å²) in [6.45, 7) is 1.71. The molecule has 5 nitrogen and oxygen atoms in total. The highest BCUT2D eigenvalue weighted by Gasteiger charge is 2.50. The van der Waals surface area contributed by atoms with Crippen LogP contribution in [0.25, 0.3) is 0 Å². The van der Waals surface area contributed by atoms with Gasteiger partial charge in [-0.25, -0.2) is 4.39 Å². The highest BCUT2D eigenvalue weighted by Crippen LogP contribution is 2.41. The molecule has 1 saturated heterocycles. The van der Waals surface area contributed by atoms with E-state index in [9.17, 15) is 19.4 Å². The van der Waals surface area contributed by atoms with Crippen molar-refractivity contribution in [2.75, 3.05) is 18.6 Å². The summed E-state index contributed by atoms with van der Waals surface area (Å²) in [4.78, 5) is 17.9. The largest absolute Gasteiger partial charge is 0.507 e. The molecule has 2 aliphatic rings. The number of benzene rings is 1. The molecule has 2 heterocycles. The zero-order valence-electron chi connectivity index (χ0n) is 12.7. The zero-order valence-corrected chi connectivity index (χ0v) is 14.3. The molecule has 23 heavy (non-hydrogen) atoms. The van der Waals surface area contributed by atoms with Gasteiger partial charge in [0.25, 0.3) is 0 Å². The highest BCUT2D eigenvalue weighted by atomic mass is 32.2. The topological polar surface area (TPSA) is 73.1 Å². The summed E-state index contributed by atoms with van der Waals surface area (Å²) >= 11 is 2.95. The molecule has 0 aromatic heterocycles. The molecular weight excluding hydrogens is 339 g/mol. The molecular formula is C15H17FN2O3S2. The van der Waals surface area contributed by atoms with Gasteiger partial charge in [0.15, 0.2) is 0 Å². The Labute approximate surface area is 142 Å². The van der Waals surface area contributed by atoms with Gasteiger partial charge in [-0.15, -0.1) is 23.5 Å². The van der Waals surface area contributed by atoms with E-state index in [0.717, 1.165) is 0 Å². The molecule has 1 aromatic carbocycles. The summed E-state index contributed by atoms with van der Waals surface area (Å²) in [6, 6.07) is 4.05. The third-order valence-electron chi connectivity index (χ3n) is 4.36. The van der Waals surface area contributed by atoms with Gasteiger partial charge < -0.3 is 10.2 Å². The minimum atomic E-state index is -0.918. The number of carbonyl (C=O) groups is 1. The van der Waals surface area contributed by atoms with E-state index in [-0.39, 0.29) is 22.7 Å². The van der Waals surface area contributed by atoms with Crippen molar-refractivity contribution in [2.45, 2.75) is 23.9 Å². The number of aliphatic carboxylic acids is 1. The first kappa shape index (κ1) is 16.6. The molecule has 0 unspecified atom stereocenters. The van der Waals surface area contributed by atoms with Gasteiger partial charge in [-0.05, 0) is 26.1 Å². The van der Waals surface area contributed by atoms with Crippen LogP contribution < -0.4 is 0 Å². The highest BCUT2D eigenvalue weighted by molar-refractivity contribution is 8.14. The quantitative estimate of drug-likeness (QED) is 0.865. The van der Waals surface area contributed by atoms with Crippen molar-refractivity contribution in [3.63, 3.8) is 0 Å². The maximum Gasteiger partial charge on any atom is 0.324 e. The van der Waals surface area contributed by atoms with E-state index >= 15 is 0 Å². The third kappa shape index (κ3) is 2.72. The van der Waals surface area contributed by atoms with Crippen LogP contribution in [0.3, 0.4) is 0 Å². The number of halogens is 1. The standard InChI is InChI=1S/C15H17FN2O3S2/c1-15(14(20)21)7-23-13(18(15)2)9-6-22-12(17-9)11-8(16)4-3-5-10(11)19/h3-5,9,13,19H,6-7H2,1-2H3,(H,20,21)/t9-,13-,15+/m0/s1. The van der Waals surface area contributed by atoms with E-state index < -0.39 is 17.3 Å². The van der Waals surface area contributed by atoms with Crippen LogP contribution in [-0.4, -0.2) is 61.6 Å². The second-order valence-electron chi connectivity index (χ2n) is 5.84. The van der Waals surface area contributed by atoms with Gasteiger partial charge in [-0.1, -0.05) is 6.07 Å². The predicted octanol–water partition coefficient (Wildman–Crippen LogP) is 2.24. The van der Waals surface area contributed by atoms with E-state index in [1.165, 1.54) is 30.0 Å². The number of phenols is 1. The second kappa shape index (κ2) is 5.99. The summed E-state index contributed by atoms with van der Waals surface area (Å²) in [6.07, 6.45) is 0. The summed E-state index contributed by atoms with van der Waals surface area (Å²) in [5, 5.41) is 19.7. The van der Waals surface area contributed by atoms with Crippen LogP contribution >= 0.6 is 23.5 Å². The van der Waals surface area contributed by atoms with Crippen molar-refractivity contribution in [1.29, 1.82) is 0 Å². The molecule has 0 aliphatic carbocycles. The normalized spacial score (nSPS) is 31.3. The molecule has 0 bridgehead atoms. The lowest BCUT2D eigenvalue weighted by Crippen LogP contribution is -2.52. The Morgan fingerprint density at radius 2 is 2.26 bits per heavy atom. The molecule has 0 saturated carbocycles. The number of rotatable bonds is 3. The van der Waals surface area contributed by atoms with Crippen molar-refractivity contribution in [1.82, 2.24) is 4.90 Å². The summed E-state index contributed by atoms with van der Waals surface area (Å²) in [5.74, 6) is -0.350. The number of nitrogens with zero attached hydrogens (tertiary/aromatic N) is 2. The Kier molecular flexibility index (Phi) is 4.33. The number of hydrogen-bond donors (Lipinski definition) is 2. The van der Waals surface area contributed by atoms with Gasteiger partial charge in [0.1, 0.15) is 22.1 Å². The Morgan fingerprint density at radius 3 is 2.87 bits per heavy atom. The molecule has 8 heteroatoms. The Morgan fingerprint density at radius 1 is 1.52 bits per heavy atom. The summed E-state index contributed by atoms with van der Waals surface area (Å²) < 4.78 is 14.0. The minimum absolute atomic E-state index is 0.0741. The molecule has 2 aliphatic heterocycles. The van der Waals surface area contributed by atoms with Crippen LogP contribution in [0.5, 0.6) is 5.75 Å². The fourth-order valence-corrected chi connectivity index (χ4v) is 5.64. The first-order chi connectivity index (χ1) is 10.8. The predicted molar refractivity (Wildman–Crippen MR) is 90.9 cm³/mol. The lowest BCUT2D eigenvalue weighted by molar-refractivity contribution is -0.147. The zero-order chi connectivity index (χ0) is 16.8. The molecule has 124 valence electrons. The molecule has 3 atom stereocenters. The minimum Gasteiger partial charge on any atom is -0.507 e. The monoisotopic (exact) mass is 356 g/mol. The van der Waals surface area contributed by atoms with Crippen LogP contribution in [-0.2, 0) is 4.79 Å². The van der Waals surface area contributed by atoms with Crippen LogP contribution in [0.15, 0.2) is 23.2 Å². The Hall–Kier alpha value is -1.25. The fourth-order valence-electron chi connectivity index (χ4n) is 2.72. The van der Waals surface area contributed by atoms with Gasteiger partial charge in [0.2, 0.25) is 0 Å². The van der Waals surface area contributed by atoms with Gasteiger partial charge in [-0.2, -0.15) is 0 Å². The van der Waals surface area contributed by atoms with E-state index in [2.05, 4.69) is 4.99 Å². The van der Waals surface area contributed by atoms with E-state index in [0.29, 0.717) is 16.5 Å². The van der Waals surface area contributed by atoms with Crippen LogP contribution in [0.2, 0.25) is 0 Å². The molecule has 0 spiro atoms. The fraction of sp³-hybridized carbons (Fsp3) is 0.467. The molecule has 1 fully saturated rings. The van der Waals surface area contributed by atoms with Crippen LogP contribution in [0, 0.1) is 5.82 Å². The number of thioether (sulfide) groups is 2. The average Bonchev–Trinajstić information content (AvgIpc) is 3.06. The van der Waals surface area contributed by atoms with Gasteiger partial charge in [-0.3, -0.25) is 14.7 Å². The SMILES string of the molecule is CN1[C@H]([C@@H]2CSC(c3c(O)cccc3F)=N2)SC[C@]1(C)C(=O)O. The second-order valence-corrected chi connectivity index (χ2v) is 7.95. The van der Waals surface area contributed by atoms with Gasteiger partial charge in [0.05, 0.1) is 17.0 Å². The lowest BCUT2D eigenvalue weighted by atomic mass is 10.0. The number of aliphatic imine (C=N–C) groups is 1. The summed E-state index contributed by atoms with van der Waals surface area (Å²) in [5.41, 5.74) is -0.787. The number of carboxylic acids is 1. The smallest absolute Gasteiger partial charge is 0.324 e. The average molecular weight is 356 g/mol. The number of carboxylic acid groups (broad SMARTS) is 1. The van der Waals surface area contributed by atoms with E-state index in [4.69, 9.17) is 0 Å². The first-order valence-corrected chi connectivity index (χ1v) is 9.14. The third-order valence-corrected chi connectivity index (χ3v) is 7.16. The molecule has 3 rings (SSSR count). The number of hydrogen-bond acceptors (Lipinski definition) is 6. The maximum absolute atomic E-state index is 14.0. The number of phenolic OH excluding ortho intramolecular Hbond substituents is 1. The molecule has 2 N–H and O–H groups in total. The lowest BCUT2D eigenvalue weighted by Gasteiger charge is -2.31. The van der Waals surface area contributed by atoms with E-state index in [1.807, 2.05) is 4.90 Å². The molecule has 0 radical (unpaired) electrons. The first-order valence-electron chi connectivity index (χ1n) is 7.11. The van der Waals surface area contributed by atoms with Crippen molar-refractivity contribution >= 4 is 34.5 Å². The van der Waals surface area contributed by atoms with Gasteiger partial charge in [0, 0.05) is 11.5 Å². The maximum atomic E-state index is 14.0. The van der Waals surface area contributed by atoms with Crippen molar-refractivity contribution in [3.05, 3.63) is 29.6 Å². The number of likely N-dealkylation sites (N-methyl/N-ethyl adjacent to an activating group) is 1. The number of aromatic hydroxyl groups is 1.